The van der Waals surface area contributed by atoms with Crippen LogP contribution in [0.3, 0.4) is 0 Å². The highest BCUT2D eigenvalue weighted by Gasteiger charge is 2.25. The predicted molar refractivity (Wildman–Crippen MR) is 176 cm³/mol. The Morgan fingerprint density at radius 2 is 1.91 bits per heavy atom. The van der Waals surface area contributed by atoms with E-state index in [-0.39, 0.29) is 12.0 Å². The largest absolute Gasteiger partial charge is 0.392 e. The third-order valence-corrected chi connectivity index (χ3v) is 9.28. The highest BCUT2D eigenvalue weighted by Crippen LogP contribution is 2.34. The van der Waals surface area contributed by atoms with Crippen LogP contribution in [0, 0.1) is 0 Å². The third kappa shape index (κ3) is 6.75. The molecule has 5 rings (SSSR count). The van der Waals surface area contributed by atoms with Gasteiger partial charge in [0.25, 0.3) is 0 Å². The molecule has 0 saturated carbocycles. The molecule has 4 N–H and O–H groups in total. The van der Waals surface area contributed by atoms with Crippen LogP contribution in [0.25, 0.3) is 0 Å². The van der Waals surface area contributed by atoms with E-state index in [0.717, 1.165) is 65.0 Å². The molecule has 0 amide bonds. The molecule has 43 heavy (non-hydrogen) atoms. The Hall–Kier alpha value is -3.77. The number of aliphatic hydroxyl groups is 1. The fourth-order valence-corrected chi connectivity index (χ4v) is 6.23. The zero-order valence-electron chi connectivity index (χ0n) is 25.5. The number of ether oxygens (including phenoxy) is 1. The molecule has 2 aromatic carbocycles. The standard InChI is InChI=1S/C32H41N7O3S/c1-32(2,3)28-17-21(27(20-41)43-28)18-37(4)26-8-6-7-24(25(26)19-40)29-35-30(33)38(5)31(36-29)34-22-9-11-23(12-10-22)39-13-15-42-16-14-39/h6-12,17,20,30,40H,13-16,18-19,33H2,1-5H3,(H,34,35,36). The van der Waals surface area contributed by atoms with Gasteiger partial charge in [-0.15, -0.1) is 11.3 Å². The number of carbonyl (C=O) groups excluding carboxylic acids is 1. The molecule has 2 aliphatic heterocycles. The summed E-state index contributed by atoms with van der Waals surface area (Å²) in [4.78, 5) is 29.4. The number of benzene rings is 2. The van der Waals surface area contributed by atoms with Gasteiger partial charge in [-0.1, -0.05) is 32.9 Å². The number of guanidine groups is 1. The maximum atomic E-state index is 11.9. The molecule has 0 aliphatic carbocycles. The second-order valence-corrected chi connectivity index (χ2v) is 13.0. The quantitative estimate of drug-likeness (QED) is 0.328. The number of morpholine rings is 1. The van der Waals surface area contributed by atoms with Gasteiger partial charge in [-0.2, -0.15) is 4.99 Å². The first kappa shape index (κ1) is 30.7. The van der Waals surface area contributed by atoms with Crippen molar-refractivity contribution >= 4 is 46.5 Å². The van der Waals surface area contributed by atoms with Gasteiger partial charge in [-0.25, -0.2) is 4.99 Å². The minimum absolute atomic E-state index is 0.0466. The Bertz CT molecular complexity index is 1500. The summed E-state index contributed by atoms with van der Waals surface area (Å²) in [6, 6.07) is 16.1. The monoisotopic (exact) mass is 603 g/mol. The Morgan fingerprint density at radius 3 is 2.56 bits per heavy atom. The molecule has 0 bridgehead atoms. The molecule has 0 radical (unpaired) electrons. The van der Waals surface area contributed by atoms with Gasteiger partial charge >= 0.3 is 0 Å². The average molecular weight is 604 g/mol. The molecule has 1 atom stereocenters. The van der Waals surface area contributed by atoms with E-state index < -0.39 is 6.29 Å². The molecular formula is C32H41N7O3S. The molecule has 1 saturated heterocycles. The number of hydrogen-bond acceptors (Lipinski definition) is 11. The van der Waals surface area contributed by atoms with Crippen LogP contribution >= 0.6 is 11.3 Å². The van der Waals surface area contributed by atoms with E-state index in [4.69, 9.17) is 15.5 Å². The maximum Gasteiger partial charge on any atom is 0.207 e. The summed E-state index contributed by atoms with van der Waals surface area (Å²) < 4.78 is 5.47. The predicted octanol–water partition coefficient (Wildman–Crippen LogP) is 4.23. The lowest BCUT2D eigenvalue weighted by Gasteiger charge is -2.31. The summed E-state index contributed by atoms with van der Waals surface area (Å²) in [7, 11) is 3.80. The van der Waals surface area contributed by atoms with Crippen LogP contribution in [-0.4, -0.2) is 74.8 Å². The summed E-state index contributed by atoms with van der Waals surface area (Å²) >= 11 is 1.53. The van der Waals surface area contributed by atoms with Crippen LogP contribution in [0.2, 0.25) is 0 Å². The SMILES string of the molecule is CN(Cc1cc(C(C)(C)C)sc1C=O)c1cccc(C2=NC(N)N(C)C(Nc3ccc(N4CCOCC4)cc3)=N2)c1CO. The Morgan fingerprint density at radius 1 is 1.19 bits per heavy atom. The second-order valence-electron chi connectivity index (χ2n) is 11.9. The number of nitrogens with two attached hydrogens (primary N) is 1. The summed E-state index contributed by atoms with van der Waals surface area (Å²) in [6.07, 6.45) is 0.271. The number of hydrogen-bond donors (Lipinski definition) is 3. The lowest BCUT2D eigenvalue weighted by Crippen LogP contribution is -2.48. The lowest BCUT2D eigenvalue weighted by atomic mass is 9.94. The van der Waals surface area contributed by atoms with Crippen LogP contribution in [-0.2, 0) is 23.3 Å². The van der Waals surface area contributed by atoms with Gasteiger partial charge in [-0.05, 0) is 47.4 Å². The number of aldehydes is 1. The van der Waals surface area contributed by atoms with E-state index >= 15 is 0 Å². The van der Waals surface area contributed by atoms with Gasteiger partial charge in [0, 0.05) is 66.8 Å². The minimum Gasteiger partial charge on any atom is -0.392 e. The van der Waals surface area contributed by atoms with Crippen molar-refractivity contribution in [2.24, 2.45) is 15.7 Å². The zero-order chi connectivity index (χ0) is 30.7. The second kappa shape index (κ2) is 12.8. The lowest BCUT2D eigenvalue weighted by molar-refractivity contribution is 0.112. The van der Waals surface area contributed by atoms with Gasteiger partial charge in [0.15, 0.2) is 18.4 Å². The number of rotatable bonds is 8. The van der Waals surface area contributed by atoms with Gasteiger partial charge in [0.2, 0.25) is 5.96 Å². The van der Waals surface area contributed by atoms with Crippen molar-refractivity contribution in [1.29, 1.82) is 0 Å². The highest BCUT2D eigenvalue weighted by atomic mass is 32.1. The first-order valence-electron chi connectivity index (χ1n) is 14.5. The Labute approximate surface area is 257 Å². The van der Waals surface area contributed by atoms with Crippen LogP contribution in [0.15, 0.2) is 58.5 Å². The average Bonchev–Trinajstić information content (AvgIpc) is 3.43. The number of thiophene rings is 1. The molecule has 1 aromatic heterocycles. The van der Waals surface area contributed by atoms with Crippen molar-refractivity contribution in [2.75, 3.05) is 55.5 Å². The highest BCUT2D eigenvalue weighted by molar-refractivity contribution is 7.14. The zero-order valence-corrected chi connectivity index (χ0v) is 26.3. The molecule has 3 aromatic rings. The van der Waals surface area contributed by atoms with Crippen LogP contribution in [0.1, 0.15) is 52.0 Å². The van der Waals surface area contributed by atoms with E-state index in [2.05, 4.69) is 54.2 Å². The van der Waals surface area contributed by atoms with E-state index in [0.29, 0.717) is 29.5 Å². The van der Waals surface area contributed by atoms with Crippen LogP contribution in [0.4, 0.5) is 17.1 Å². The normalized spacial score (nSPS) is 17.4. The van der Waals surface area contributed by atoms with E-state index in [1.807, 2.05) is 49.3 Å². The number of carbonyl (C=O) groups is 1. The molecule has 2 aliphatic rings. The van der Waals surface area contributed by atoms with Crippen LogP contribution < -0.4 is 20.9 Å². The molecule has 11 heteroatoms. The minimum atomic E-state index is -0.660. The Balaban J connectivity index is 1.40. The number of nitrogens with zero attached hydrogens (tertiary/aromatic N) is 5. The van der Waals surface area contributed by atoms with Gasteiger partial charge in [0.05, 0.1) is 24.7 Å². The van der Waals surface area contributed by atoms with E-state index in [1.165, 1.54) is 11.3 Å². The molecular weight excluding hydrogens is 562 g/mol. The van der Waals surface area contributed by atoms with Crippen LogP contribution in [0.5, 0.6) is 0 Å². The maximum absolute atomic E-state index is 11.9. The molecule has 0 spiro atoms. The van der Waals surface area contributed by atoms with Gasteiger partial charge in [0.1, 0.15) is 0 Å². The summed E-state index contributed by atoms with van der Waals surface area (Å²) in [6.45, 7) is 9.97. The number of nitrogens with one attached hydrogen (secondary N) is 1. The topological polar surface area (TPSA) is 119 Å². The fraction of sp³-hybridized carbons (Fsp3) is 0.406. The summed E-state index contributed by atoms with van der Waals surface area (Å²) in [5.74, 6) is 0.999. The molecule has 1 fully saturated rings. The smallest absolute Gasteiger partial charge is 0.207 e. The van der Waals surface area contributed by atoms with Crippen molar-refractivity contribution in [3.05, 3.63) is 75.0 Å². The number of aliphatic imine (C=N–C) groups is 2. The molecule has 3 heterocycles. The summed E-state index contributed by atoms with van der Waals surface area (Å²) in [5.41, 5.74) is 11.6. The molecule has 1 unspecified atom stereocenters. The molecule has 228 valence electrons. The number of anilines is 3. The number of aliphatic hydroxyl groups excluding tert-OH is 1. The fourth-order valence-electron chi connectivity index (χ4n) is 5.18. The van der Waals surface area contributed by atoms with E-state index in [1.54, 1.807) is 4.90 Å². The van der Waals surface area contributed by atoms with E-state index in [9.17, 15) is 9.90 Å². The summed E-state index contributed by atoms with van der Waals surface area (Å²) in [5, 5.41) is 13.9. The Kier molecular flexibility index (Phi) is 9.16. The van der Waals surface area contributed by atoms with Gasteiger partial charge in [-0.3, -0.25) is 10.5 Å². The molecule has 10 nitrogen and oxygen atoms in total. The first-order valence-corrected chi connectivity index (χ1v) is 15.3. The van der Waals surface area contributed by atoms with Crippen molar-refractivity contribution in [3.8, 4) is 0 Å². The first-order chi connectivity index (χ1) is 20.6. The van der Waals surface area contributed by atoms with Crippen molar-refractivity contribution in [3.63, 3.8) is 0 Å². The number of amidine groups is 1. The van der Waals surface area contributed by atoms with Crippen molar-refractivity contribution in [2.45, 2.75) is 45.6 Å². The van der Waals surface area contributed by atoms with Crippen molar-refractivity contribution < 1.29 is 14.6 Å². The van der Waals surface area contributed by atoms with Crippen molar-refractivity contribution in [1.82, 2.24) is 4.90 Å². The van der Waals surface area contributed by atoms with Gasteiger partial charge < -0.3 is 29.9 Å². The third-order valence-electron chi connectivity index (χ3n) is 7.75.